The number of rotatable bonds is 4. The largest absolute Gasteiger partial charge is 0.466 e. The summed E-state index contributed by atoms with van der Waals surface area (Å²) in [4.78, 5) is 26.1. The first-order chi connectivity index (χ1) is 10.9. The quantitative estimate of drug-likeness (QED) is 0.867. The molecule has 5 nitrogen and oxygen atoms in total. The Labute approximate surface area is 137 Å². The first-order valence-corrected chi connectivity index (χ1v) is 7.87. The number of allylic oxidation sites excluding steroid dienone is 1. The van der Waals surface area contributed by atoms with Crippen molar-refractivity contribution in [1.82, 2.24) is 10.2 Å². The van der Waals surface area contributed by atoms with Crippen LogP contribution in [-0.4, -0.2) is 30.6 Å². The minimum Gasteiger partial charge on any atom is -0.466 e. The summed E-state index contributed by atoms with van der Waals surface area (Å²) in [6.07, 6.45) is 0. The number of nitrogens with zero attached hydrogens (tertiary/aromatic N) is 1. The fourth-order valence-corrected chi connectivity index (χ4v) is 2.86. The third kappa shape index (κ3) is 3.23. The fourth-order valence-electron chi connectivity index (χ4n) is 2.86. The minimum absolute atomic E-state index is 0.199. The van der Waals surface area contributed by atoms with Crippen LogP contribution in [0.5, 0.6) is 0 Å². The van der Waals surface area contributed by atoms with Gasteiger partial charge in [-0.05, 0) is 30.9 Å². The molecule has 1 aliphatic rings. The van der Waals surface area contributed by atoms with Gasteiger partial charge in [-0.15, -0.1) is 0 Å². The molecule has 1 atom stereocenters. The van der Waals surface area contributed by atoms with Gasteiger partial charge in [-0.3, -0.25) is 4.90 Å². The molecule has 0 saturated heterocycles. The highest BCUT2D eigenvalue weighted by atomic mass is 16.5. The molecule has 0 fully saturated rings. The lowest BCUT2D eigenvalue weighted by Crippen LogP contribution is -2.47. The molecule has 1 aromatic carbocycles. The summed E-state index contributed by atoms with van der Waals surface area (Å²) < 4.78 is 4.93. The van der Waals surface area contributed by atoms with E-state index in [1.807, 2.05) is 31.2 Å². The number of amides is 2. The highest BCUT2D eigenvalue weighted by molar-refractivity contribution is 5.94. The van der Waals surface area contributed by atoms with Crippen LogP contribution >= 0.6 is 0 Å². The Morgan fingerprint density at radius 2 is 1.91 bits per heavy atom. The maximum atomic E-state index is 12.3. The van der Waals surface area contributed by atoms with Crippen molar-refractivity contribution in [2.75, 3.05) is 13.7 Å². The predicted molar refractivity (Wildman–Crippen MR) is 88.9 cm³/mol. The Kier molecular flexibility index (Phi) is 5.08. The van der Waals surface area contributed by atoms with Crippen molar-refractivity contribution < 1.29 is 14.3 Å². The molecule has 1 aromatic rings. The number of urea groups is 1. The van der Waals surface area contributed by atoms with Crippen LogP contribution in [0.25, 0.3) is 0 Å². The Morgan fingerprint density at radius 1 is 1.30 bits per heavy atom. The number of carbonyl (C=O) groups excluding carboxylic acids is 2. The van der Waals surface area contributed by atoms with Gasteiger partial charge in [-0.1, -0.05) is 38.1 Å². The third-order valence-electron chi connectivity index (χ3n) is 4.25. The first-order valence-electron chi connectivity index (χ1n) is 7.87. The van der Waals surface area contributed by atoms with E-state index in [0.29, 0.717) is 23.7 Å². The van der Waals surface area contributed by atoms with Gasteiger partial charge in [0, 0.05) is 12.2 Å². The molecular weight excluding hydrogens is 292 g/mol. The van der Waals surface area contributed by atoms with Crippen LogP contribution in [-0.2, 0) is 9.53 Å². The summed E-state index contributed by atoms with van der Waals surface area (Å²) in [5.74, 6) is 0.0109. The van der Waals surface area contributed by atoms with Gasteiger partial charge in [-0.25, -0.2) is 9.59 Å². The fraction of sp³-hybridized carbons (Fsp3) is 0.444. The van der Waals surface area contributed by atoms with E-state index in [1.54, 1.807) is 11.8 Å². The Morgan fingerprint density at radius 3 is 2.39 bits per heavy atom. The molecule has 0 aliphatic carbocycles. The molecule has 0 spiro atoms. The second-order valence-electron chi connectivity index (χ2n) is 5.94. The van der Waals surface area contributed by atoms with Gasteiger partial charge in [0.15, 0.2) is 0 Å². The minimum atomic E-state index is -0.487. The summed E-state index contributed by atoms with van der Waals surface area (Å²) in [6.45, 7) is 8.40. The standard InChI is InChI=1S/C18H24N2O3/c1-6-20-12(4)15(17(21)23-5)16(19-18(20)22)14-9-7-13(8-10-14)11(2)3/h7-11,16H,6H2,1-5H3,(H,19,22)/t16-/m0/s1. The Balaban J connectivity index is 2.48. The SMILES string of the molecule is CCN1C(=O)N[C@@H](c2ccc(C(C)C)cc2)C(C(=O)OC)=C1C. The van der Waals surface area contributed by atoms with Gasteiger partial charge >= 0.3 is 12.0 Å². The molecule has 124 valence electrons. The van der Waals surface area contributed by atoms with Crippen molar-refractivity contribution in [1.29, 1.82) is 0 Å². The van der Waals surface area contributed by atoms with Crippen LogP contribution in [0.15, 0.2) is 35.5 Å². The lowest BCUT2D eigenvalue weighted by atomic mass is 9.92. The van der Waals surface area contributed by atoms with Gasteiger partial charge in [0.25, 0.3) is 0 Å². The number of hydrogen-bond acceptors (Lipinski definition) is 3. The number of carbonyl (C=O) groups is 2. The van der Waals surface area contributed by atoms with Crippen LogP contribution in [0.4, 0.5) is 4.79 Å². The summed E-state index contributed by atoms with van der Waals surface area (Å²) in [5.41, 5.74) is 3.21. The monoisotopic (exact) mass is 316 g/mol. The second-order valence-corrected chi connectivity index (χ2v) is 5.94. The molecule has 0 bridgehead atoms. The van der Waals surface area contributed by atoms with E-state index in [9.17, 15) is 9.59 Å². The maximum absolute atomic E-state index is 12.3. The van der Waals surface area contributed by atoms with E-state index in [1.165, 1.54) is 12.7 Å². The molecule has 23 heavy (non-hydrogen) atoms. The van der Waals surface area contributed by atoms with Crippen molar-refractivity contribution in [3.05, 3.63) is 46.7 Å². The zero-order chi connectivity index (χ0) is 17.1. The number of esters is 1. The number of nitrogens with one attached hydrogen (secondary N) is 1. The predicted octanol–water partition coefficient (Wildman–Crippen LogP) is 3.34. The lowest BCUT2D eigenvalue weighted by Gasteiger charge is -2.34. The van der Waals surface area contributed by atoms with E-state index >= 15 is 0 Å². The molecule has 1 N–H and O–H groups in total. The van der Waals surface area contributed by atoms with E-state index in [4.69, 9.17) is 4.74 Å². The van der Waals surface area contributed by atoms with Gasteiger partial charge in [0.1, 0.15) is 0 Å². The van der Waals surface area contributed by atoms with Crippen LogP contribution in [0.2, 0.25) is 0 Å². The third-order valence-corrected chi connectivity index (χ3v) is 4.25. The molecule has 5 heteroatoms. The summed E-state index contributed by atoms with van der Waals surface area (Å²) in [7, 11) is 1.36. The van der Waals surface area contributed by atoms with Crippen molar-refractivity contribution in [2.45, 2.75) is 39.7 Å². The Bertz CT molecular complexity index is 632. The number of hydrogen-bond donors (Lipinski definition) is 1. The maximum Gasteiger partial charge on any atom is 0.337 e. The van der Waals surface area contributed by atoms with E-state index in [2.05, 4.69) is 19.2 Å². The molecule has 0 aromatic heterocycles. The zero-order valence-electron chi connectivity index (χ0n) is 14.3. The van der Waals surface area contributed by atoms with Crippen molar-refractivity contribution in [3.63, 3.8) is 0 Å². The second kappa shape index (κ2) is 6.86. The molecule has 0 unspecified atom stereocenters. The molecule has 2 amide bonds. The highest BCUT2D eigenvalue weighted by Gasteiger charge is 2.35. The lowest BCUT2D eigenvalue weighted by molar-refractivity contribution is -0.136. The number of benzene rings is 1. The summed E-state index contributed by atoms with van der Waals surface area (Å²) >= 11 is 0. The van der Waals surface area contributed by atoms with Gasteiger partial charge in [-0.2, -0.15) is 0 Å². The average Bonchev–Trinajstić information content (AvgIpc) is 2.54. The summed E-state index contributed by atoms with van der Waals surface area (Å²) in [6, 6.07) is 7.29. The smallest absolute Gasteiger partial charge is 0.337 e. The molecule has 1 heterocycles. The van der Waals surface area contributed by atoms with Crippen molar-refractivity contribution >= 4 is 12.0 Å². The van der Waals surface area contributed by atoms with Crippen LogP contribution in [0.3, 0.4) is 0 Å². The van der Waals surface area contributed by atoms with Gasteiger partial charge in [0.2, 0.25) is 0 Å². The van der Waals surface area contributed by atoms with Crippen LogP contribution < -0.4 is 5.32 Å². The highest BCUT2D eigenvalue weighted by Crippen LogP contribution is 2.31. The van der Waals surface area contributed by atoms with Crippen molar-refractivity contribution in [3.8, 4) is 0 Å². The van der Waals surface area contributed by atoms with Crippen LogP contribution in [0, 0.1) is 0 Å². The molecule has 0 radical (unpaired) electrons. The van der Waals surface area contributed by atoms with E-state index in [-0.39, 0.29) is 6.03 Å². The van der Waals surface area contributed by atoms with Gasteiger partial charge in [0.05, 0.1) is 18.7 Å². The van der Waals surface area contributed by atoms with Crippen molar-refractivity contribution in [2.24, 2.45) is 0 Å². The zero-order valence-corrected chi connectivity index (χ0v) is 14.3. The van der Waals surface area contributed by atoms with Gasteiger partial charge < -0.3 is 10.1 Å². The molecule has 0 saturated carbocycles. The normalized spacial score (nSPS) is 18.3. The first kappa shape index (κ1) is 17.1. The Hall–Kier alpha value is -2.30. The molecule has 2 rings (SSSR count). The molecule has 1 aliphatic heterocycles. The average molecular weight is 316 g/mol. The number of ether oxygens (including phenoxy) is 1. The summed E-state index contributed by atoms with van der Waals surface area (Å²) in [5, 5.41) is 2.91. The van der Waals surface area contributed by atoms with Crippen LogP contribution in [0.1, 0.15) is 50.8 Å². The number of methoxy groups -OCH3 is 1. The van der Waals surface area contributed by atoms with E-state index < -0.39 is 12.0 Å². The topological polar surface area (TPSA) is 58.6 Å². The van der Waals surface area contributed by atoms with E-state index in [0.717, 1.165) is 5.56 Å². The molecular formula is C18H24N2O3.